The Kier molecular flexibility index (Phi) is 5.84. The van der Waals surface area contributed by atoms with Crippen LogP contribution >= 0.6 is 0 Å². The highest BCUT2D eigenvalue weighted by Crippen LogP contribution is 2.43. The monoisotopic (exact) mass is 437 g/mol. The molecule has 0 fully saturated rings. The molecule has 3 aromatic rings. The van der Waals surface area contributed by atoms with E-state index in [1.807, 2.05) is 0 Å². The van der Waals surface area contributed by atoms with Gasteiger partial charge in [-0.15, -0.1) is 5.10 Å². The first-order valence-electron chi connectivity index (χ1n) is 9.96. The van der Waals surface area contributed by atoms with Crippen LogP contribution in [0.4, 0.5) is 0 Å². The van der Waals surface area contributed by atoms with Crippen LogP contribution in [-0.2, 0) is 16.5 Å². The highest BCUT2D eigenvalue weighted by molar-refractivity contribution is 5.85. The summed E-state index contributed by atoms with van der Waals surface area (Å²) in [6.45, 7) is 0.0610. The molecule has 32 heavy (non-hydrogen) atoms. The molecule has 0 amide bonds. The minimum atomic E-state index is -1.26. The summed E-state index contributed by atoms with van der Waals surface area (Å²) in [6.07, 6.45) is -2.20. The van der Waals surface area contributed by atoms with Crippen LogP contribution in [-0.4, -0.2) is 54.0 Å². The van der Waals surface area contributed by atoms with E-state index in [1.165, 1.54) is 25.9 Å². The van der Waals surface area contributed by atoms with Gasteiger partial charge in [-0.3, -0.25) is 4.79 Å². The van der Waals surface area contributed by atoms with Crippen molar-refractivity contribution in [3.63, 3.8) is 0 Å². The predicted octanol–water partition coefficient (Wildman–Crippen LogP) is 1.71. The van der Waals surface area contributed by atoms with Crippen molar-refractivity contribution in [2.75, 3.05) is 27.4 Å². The Morgan fingerprint density at radius 1 is 1.19 bits per heavy atom. The summed E-state index contributed by atoms with van der Waals surface area (Å²) in [4.78, 5) is 12.5. The summed E-state index contributed by atoms with van der Waals surface area (Å²) in [6, 6.07) is 13.9. The smallest absolute Gasteiger partial charge is 0.274 e. The number of fused-ring (bicyclic) bond motifs is 2. The largest absolute Gasteiger partial charge is 0.479 e. The number of aliphatic hydroxyl groups excluding tert-OH is 1. The van der Waals surface area contributed by atoms with Gasteiger partial charge in [0.15, 0.2) is 11.7 Å². The molecule has 1 aliphatic rings. The number of nitriles is 1. The van der Waals surface area contributed by atoms with Crippen molar-refractivity contribution in [3.05, 3.63) is 63.9 Å². The van der Waals surface area contributed by atoms with Gasteiger partial charge in [-0.2, -0.15) is 5.26 Å². The zero-order chi connectivity index (χ0) is 22.9. The lowest BCUT2D eigenvalue weighted by atomic mass is 9.86. The Morgan fingerprint density at radius 3 is 2.53 bits per heavy atom. The number of benzene rings is 2. The Morgan fingerprint density at radius 2 is 1.88 bits per heavy atom. The van der Waals surface area contributed by atoms with Crippen LogP contribution in [0.15, 0.2) is 47.3 Å². The summed E-state index contributed by atoms with van der Waals surface area (Å²) in [7, 11) is 4.53. The molecule has 2 atom stereocenters. The maximum atomic E-state index is 12.5. The molecule has 1 N–H and O–H groups in total. The molecule has 0 unspecified atom stereocenters. The fourth-order valence-corrected chi connectivity index (χ4v) is 4.02. The van der Waals surface area contributed by atoms with Gasteiger partial charge in [-0.05, 0) is 30.3 Å². The highest BCUT2D eigenvalue weighted by atomic mass is 16.6. The molecule has 1 aromatic heterocycles. The highest BCUT2D eigenvalue weighted by Gasteiger charge is 2.51. The molecule has 0 saturated carbocycles. The second-order valence-corrected chi connectivity index (χ2v) is 7.66. The summed E-state index contributed by atoms with van der Waals surface area (Å²) >= 11 is 0. The van der Waals surface area contributed by atoms with Crippen molar-refractivity contribution in [1.29, 1.82) is 5.26 Å². The average molecular weight is 437 g/mol. The van der Waals surface area contributed by atoms with Gasteiger partial charge in [-0.1, -0.05) is 12.1 Å². The third kappa shape index (κ3) is 3.58. The molecule has 0 spiro atoms. The van der Waals surface area contributed by atoms with Gasteiger partial charge in [0.2, 0.25) is 5.88 Å². The number of hydrogen-bond donors (Lipinski definition) is 1. The number of aryl methyl sites for hydroxylation is 1. The van der Waals surface area contributed by atoms with Gasteiger partial charge in [0.05, 0.1) is 35.6 Å². The van der Waals surface area contributed by atoms with Gasteiger partial charge in [0, 0.05) is 26.8 Å². The molecule has 0 saturated heterocycles. The van der Waals surface area contributed by atoms with Crippen LogP contribution in [0.5, 0.6) is 11.6 Å². The van der Waals surface area contributed by atoms with Crippen LogP contribution in [0.2, 0.25) is 0 Å². The van der Waals surface area contributed by atoms with E-state index in [-0.39, 0.29) is 24.7 Å². The molecule has 9 nitrogen and oxygen atoms in total. The molecule has 2 heterocycles. The van der Waals surface area contributed by atoms with Crippen molar-refractivity contribution in [3.8, 4) is 17.7 Å². The summed E-state index contributed by atoms with van der Waals surface area (Å²) in [5.41, 5.74) is -0.650. The average Bonchev–Trinajstić information content (AvgIpc) is 2.80. The number of methoxy groups -OCH3 is 2. The van der Waals surface area contributed by atoms with E-state index in [9.17, 15) is 15.2 Å². The molecule has 4 rings (SSSR count). The van der Waals surface area contributed by atoms with Crippen LogP contribution in [0.25, 0.3) is 10.8 Å². The summed E-state index contributed by atoms with van der Waals surface area (Å²) in [5, 5.41) is 26.0. The Hall–Kier alpha value is -3.45. The molecule has 2 aromatic carbocycles. The maximum absolute atomic E-state index is 12.5. The van der Waals surface area contributed by atoms with E-state index in [1.54, 1.807) is 42.5 Å². The second-order valence-electron chi connectivity index (χ2n) is 7.66. The Balaban J connectivity index is 1.89. The number of nitrogens with zero attached hydrogens (tertiary/aromatic N) is 3. The minimum absolute atomic E-state index is 0.0305. The lowest BCUT2D eigenvalue weighted by molar-refractivity contribution is -0.169. The molecule has 9 heteroatoms. The second kappa shape index (κ2) is 8.59. The lowest BCUT2D eigenvalue weighted by Gasteiger charge is -2.44. The van der Waals surface area contributed by atoms with Gasteiger partial charge in [-0.25, -0.2) is 4.68 Å². The SMILES string of the molecule is COCC1(COC)Oc2ccc(C#N)cc2[C@@H](Oc2nn(C)c(=O)c3ccccc23)[C@@H]1O. The number of hydrogen-bond acceptors (Lipinski definition) is 8. The van der Waals surface area contributed by atoms with Gasteiger partial charge >= 0.3 is 0 Å². The number of rotatable bonds is 6. The summed E-state index contributed by atoms with van der Waals surface area (Å²) < 4.78 is 24.3. The fraction of sp³-hybridized carbons (Fsp3) is 0.348. The van der Waals surface area contributed by atoms with E-state index >= 15 is 0 Å². The lowest BCUT2D eigenvalue weighted by Crippen LogP contribution is -2.60. The Bertz CT molecular complexity index is 1240. The van der Waals surface area contributed by atoms with E-state index in [4.69, 9.17) is 18.9 Å². The molecular formula is C23H23N3O6. The number of aliphatic hydroxyl groups is 1. The van der Waals surface area contributed by atoms with Crippen molar-refractivity contribution >= 4 is 10.8 Å². The van der Waals surface area contributed by atoms with Gasteiger partial charge in [0.25, 0.3) is 5.56 Å². The third-order valence-electron chi connectivity index (χ3n) is 5.52. The van der Waals surface area contributed by atoms with E-state index in [2.05, 4.69) is 11.2 Å². The topological polar surface area (TPSA) is 116 Å². The third-order valence-corrected chi connectivity index (χ3v) is 5.52. The van der Waals surface area contributed by atoms with E-state index in [0.29, 0.717) is 27.6 Å². The molecule has 1 aliphatic heterocycles. The normalized spacial score (nSPS) is 19.1. The first-order chi connectivity index (χ1) is 15.4. The molecule has 0 bridgehead atoms. The summed E-state index contributed by atoms with van der Waals surface area (Å²) in [5.74, 6) is 0.605. The van der Waals surface area contributed by atoms with Crippen LogP contribution in [0, 0.1) is 11.3 Å². The van der Waals surface area contributed by atoms with Crippen molar-refractivity contribution in [1.82, 2.24) is 9.78 Å². The zero-order valence-corrected chi connectivity index (χ0v) is 17.9. The number of aromatic nitrogens is 2. The molecule has 0 radical (unpaired) electrons. The molecular weight excluding hydrogens is 414 g/mol. The predicted molar refractivity (Wildman–Crippen MR) is 115 cm³/mol. The van der Waals surface area contributed by atoms with Crippen LogP contribution < -0.4 is 15.0 Å². The van der Waals surface area contributed by atoms with Crippen molar-refractivity contribution < 1.29 is 24.1 Å². The minimum Gasteiger partial charge on any atom is -0.479 e. The Labute approximate surface area is 184 Å². The van der Waals surface area contributed by atoms with Crippen LogP contribution in [0.3, 0.4) is 0 Å². The van der Waals surface area contributed by atoms with Gasteiger partial charge < -0.3 is 24.1 Å². The van der Waals surface area contributed by atoms with Crippen molar-refractivity contribution in [2.24, 2.45) is 7.05 Å². The van der Waals surface area contributed by atoms with E-state index < -0.39 is 17.8 Å². The number of ether oxygens (including phenoxy) is 4. The van der Waals surface area contributed by atoms with Crippen molar-refractivity contribution in [2.45, 2.75) is 17.8 Å². The molecule has 0 aliphatic carbocycles. The first kappa shape index (κ1) is 21.8. The quantitative estimate of drug-likeness (QED) is 0.620. The first-order valence-corrected chi connectivity index (χ1v) is 9.96. The molecule has 166 valence electrons. The maximum Gasteiger partial charge on any atom is 0.274 e. The van der Waals surface area contributed by atoms with Gasteiger partial charge in [0.1, 0.15) is 11.9 Å². The fourth-order valence-electron chi connectivity index (χ4n) is 4.02. The standard InChI is InChI=1S/C23H23N3O6/c1-26-22(28)16-7-5-4-6-15(16)21(25-26)31-19-17-10-14(11-24)8-9-18(17)32-23(12-29-2,13-30-3)20(19)27/h4-10,19-20,27H,12-13H2,1-3H3/t19-,20+/m1/s1. The van der Waals surface area contributed by atoms with Crippen LogP contribution in [0.1, 0.15) is 17.2 Å². The zero-order valence-electron chi connectivity index (χ0n) is 17.9. The van der Waals surface area contributed by atoms with E-state index in [0.717, 1.165) is 0 Å².